The lowest BCUT2D eigenvalue weighted by atomic mass is 9.92. The number of H-pyrrole nitrogens is 1. The molecule has 0 amide bonds. The molecule has 4 aromatic rings. The van der Waals surface area contributed by atoms with Crippen molar-refractivity contribution in [1.82, 2.24) is 25.2 Å². The van der Waals surface area contributed by atoms with Gasteiger partial charge in [0.1, 0.15) is 11.4 Å². The first-order valence-corrected chi connectivity index (χ1v) is 12.3. The number of benzene rings is 2. The van der Waals surface area contributed by atoms with E-state index in [1.54, 1.807) is 11.7 Å². The van der Waals surface area contributed by atoms with Gasteiger partial charge in [0.05, 0.1) is 18.8 Å². The Morgan fingerprint density at radius 2 is 1.76 bits per heavy atom. The highest BCUT2D eigenvalue weighted by Gasteiger charge is 2.18. The fraction of sp³-hybridized carbons (Fsp3) is 0.321. The third kappa shape index (κ3) is 6.18. The lowest BCUT2D eigenvalue weighted by molar-refractivity contribution is 0.414. The van der Waals surface area contributed by atoms with Crippen LogP contribution in [0.1, 0.15) is 50.1 Å². The highest BCUT2D eigenvalue weighted by molar-refractivity contribution is 5.76. The van der Waals surface area contributed by atoms with Crippen molar-refractivity contribution in [2.45, 2.75) is 38.6 Å². The third-order valence-electron chi connectivity index (χ3n) is 6.29. The highest BCUT2D eigenvalue weighted by atomic mass is 16.5. The van der Waals surface area contributed by atoms with E-state index in [9.17, 15) is 4.79 Å². The number of nitrogens with two attached hydrogens (primary N) is 1. The van der Waals surface area contributed by atoms with Gasteiger partial charge >= 0.3 is 5.69 Å². The van der Waals surface area contributed by atoms with Gasteiger partial charge in [0.25, 0.3) is 0 Å². The van der Waals surface area contributed by atoms with Crippen molar-refractivity contribution in [3.8, 4) is 11.4 Å². The number of guanidine groups is 1. The fourth-order valence-corrected chi connectivity index (χ4v) is 4.19. The van der Waals surface area contributed by atoms with E-state index in [1.165, 1.54) is 0 Å². The van der Waals surface area contributed by atoms with E-state index in [-0.39, 0.29) is 23.1 Å². The highest BCUT2D eigenvalue weighted by Crippen LogP contribution is 2.27. The zero-order chi connectivity index (χ0) is 26.6. The molecule has 37 heavy (non-hydrogen) atoms. The normalized spacial score (nSPS) is 12.4. The van der Waals surface area contributed by atoms with E-state index in [2.05, 4.69) is 47.4 Å². The van der Waals surface area contributed by atoms with E-state index in [0.29, 0.717) is 12.2 Å². The van der Waals surface area contributed by atoms with E-state index in [0.717, 1.165) is 46.6 Å². The van der Waals surface area contributed by atoms with Gasteiger partial charge in [-0.2, -0.15) is 4.98 Å². The van der Waals surface area contributed by atoms with E-state index < -0.39 is 0 Å². The molecular weight excluding hydrogens is 466 g/mol. The molecule has 0 unspecified atom stereocenters. The number of fused-ring (bicyclic) bond motifs is 1. The summed E-state index contributed by atoms with van der Waals surface area (Å²) < 4.78 is 6.89. The Hall–Kier alpha value is -4.11. The van der Waals surface area contributed by atoms with Crippen LogP contribution in [0.3, 0.4) is 0 Å². The summed E-state index contributed by atoms with van der Waals surface area (Å²) >= 11 is 0. The maximum Gasteiger partial charge on any atom is 0.354 e. The zero-order valence-corrected chi connectivity index (χ0v) is 21.8. The molecule has 0 aliphatic heterocycles. The van der Waals surface area contributed by atoms with Gasteiger partial charge in [0.2, 0.25) is 0 Å². The summed E-state index contributed by atoms with van der Waals surface area (Å²) in [7, 11) is 1.65. The second-order valence-electron chi connectivity index (χ2n) is 10.1. The van der Waals surface area contributed by atoms with Crippen LogP contribution in [-0.4, -0.2) is 40.7 Å². The van der Waals surface area contributed by atoms with Crippen LogP contribution in [-0.2, 0) is 5.41 Å². The van der Waals surface area contributed by atoms with Crippen molar-refractivity contribution in [2.24, 2.45) is 5.73 Å². The Bertz CT molecular complexity index is 1410. The first kappa shape index (κ1) is 26.0. The molecule has 0 aliphatic carbocycles. The lowest BCUT2D eigenvalue weighted by Gasteiger charge is -2.21. The summed E-state index contributed by atoms with van der Waals surface area (Å²) in [6.45, 7) is 7.70. The molecule has 2 aromatic heterocycles. The van der Waals surface area contributed by atoms with Crippen LogP contribution in [0.2, 0.25) is 0 Å². The number of rotatable bonds is 9. The van der Waals surface area contributed by atoms with Crippen molar-refractivity contribution >= 4 is 17.0 Å². The van der Waals surface area contributed by atoms with Crippen LogP contribution in [0.4, 0.5) is 0 Å². The van der Waals surface area contributed by atoms with E-state index in [1.807, 2.05) is 54.7 Å². The van der Waals surface area contributed by atoms with Gasteiger partial charge < -0.3 is 26.1 Å². The molecule has 6 N–H and O–H groups in total. The minimum Gasteiger partial charge on any atom is -0.497 e. The number of aromatic nitrogens is 3. The van der Waals surface area contributed by atoms with Gasteiger partial charge in [-0.05, 0) is 54.4 Å². The molecule has 0 bridgehead atoms. The maximum atomic E-state index is 12.8. The van der Waals surface area contributed by atoms with Gasteiger partial charge in [0.15, 0.2) is 5.96 Å². The molecular formula is C28H35N7O2. The second kappa shape index (κ2) is 10.9. The molecule has 2 heterocycles. The maximum absolute atomic E-state index is 12.8. The summed E-state index contributed by atoms with van der Waals surface area (Å²) in [5, 5.41) is 14.6. The molecule has 0 fully saturated rings. The SMILES string of the molecule is COc1ccc([C@H](NCCCNC(=N)N)c2ccc(-n3cc4cc(C(C)(C)C)[nH]c4nc3=O)cc2)cc1. The zero-order valence-electron chi connectivity index (χ0n) is 21.8. The smallest absolute Gasteiger partial charge is 0.354 e. The van der Waals surface area contributed by atoms with Crippen molar-refractivity contribution < 1.29 is 4.74 Å². The average Bonchev–Trinajstić information content (AvgIpc) is 3.29. The number of aromatic amines is 1. The summed E-state index contributed by atoms with van der Waals surface area (Å²) in [6.07, 6.45) is 2.64. The predicted octanol–water partition coefficient (Wildman–Crippen LogP) is 3.57. The van der Waals surface area contributed by atoms with E-state index in [4.69, 9.17) is 15.9 Å². The molecule has 9 heteroatoms. The monoisotopic (exact) mass is 501 g/mol. The van der Waals surface area contributed by atoms with Crippen LogP contribution < -0.4 is 26.8 Å². The summed E-state index contributed by atoms with van der Waals surface area (Å²) in [6, 6.07) is 17.9. The summed E-state index contributed by atoms with van der Waals surface area (Å²) in [4.78, 5) is 20.4. The van der Waals surface area contributed by atoms with Crippen LogP contribution >= 0.6 is 0 Å². The van der Waals surface area contributed by atoms with Crippen molar-refractivity contribution in [3.63, 3.8) is 0 Å². The molecule has 9 nitrogen and oxygen atoms in total. The third-order valence-corrected chi connectivity index (χ3v) is 6.29. The van der Waals surface area contributed by atoms with Gasteiger partial charge in [-0.1, -0.05) is 45.0 Å². The van der Waals surface area contributed by atoms with Gasteiger partial charge in [0, 0.05) is 29.2 Å². The summed E-state index contributed by atoms with van der Waals surface area (Å²) in [5.41, 5.74) is 9.53. The number of methoxy groups -OCH3 is 1. The Labute approximate surface area is 216 Å². The molecule has 0 saturated heterocycles. The van der Waals surface area contributed by atoms with Gasteiger partial charge in [-0.3, -0.25) is 9.98 Å². The largest absolute Gasteiger partial charge is 0.497 e. The Kier molecular flexibility index (Phi) is 7.63. The standard InChI is InChI=1S/C28H35N7O2/c1-28(2,3)23-16-20-17-35(27(36)34-25(20)33-23)21-10-6-18(7-11-21)24(31-14-5-15-32-26(29)30)19-8-12-22(37-4)13-9-19/h6-13,16-17,24,31H,5,14-15H2,1-4H3,(H4,29,30,32)(H,33,34,36)/t24-/m1/s1. The van der Waals surface area contributed by atoms with Crippen molar-refractivity contribution in [3.05, 3.63) is 88.1 Å². The first-order chi connectivity index (χ1) is 17.7. The Morgan fingerprint density at radius 3 is 2.35 bits per heavy atom. The minimum atomic E-state index is -0.328. The quantitative estimate of drug-likeness (QED) is 0.135. The number of hydrogen-bond donors (Lipinski definition) is 5. The number of hydrogen-bond acceptors (Lipinski definition) is 5. The van der Waals surface area contributed by atoms with Crippen LogP contribution in [0.15, 0.2) is 65.6 Å². The fourth-order valence-electron chi connectivity index (χ4n) is 4.19. The molecule has 0 radical (unpaired) electrons. The topological polar surface area (TPSA) is 134 Å². The van der Waals surface area contributed by atoms with Crippen LogP contribution in [0.25, 0.3) is 16.7 Å². The van der Waals surface area contributed by atoms with Crippen molar-refractivity contribution in [1.29, 1.82) is 5.41 Å². The summed E-state index contributed by atoms with van der Waals surface area (Å²) in [5.74, 6) is 0.768. The number of nitrogens with one attached hydrogen (secondary N) is 4. The first-order valence-electron chi connectivity index (χ1n) is 12.3. The van der Waals surface area contributed by atoms with Gasteiger partial charge in [-0.25, -0.2) is 4.79 Å². The molecule has 194 valence electrons. The molecule has 1 atom stereocenters. The van der Waals surface area contributed by atoms with Crippen LogP contribution in [0, 0.1) is 5.41 Å². The van der Waals surface area contributed by atoms with E-state index >= 15 is 0 Å². The van der Waals surface area contributed by atoms with Gasteiger partial charge in [-0.15, -0.1) is 0 Å². The molecule has 0 saturated carbocycles. The lowest BCUT2D eigenvalue weighted by Crippen LogP contribution is -2.33. The number of ether oxygens (including phenoxy) is 1. The minimum absolute atomic E-state index is 0.0283. The second-order valence-corrected chi connectivity index (χ2v) is 10.1. The Balaban J connectivity index is 1.60. The Morgan fingerprint density at radius 1 is 1.11 bits per heavy atom. The molecule has 4 rings (SSSR count). The predicted molar refractivity (Wildman–Crippen MR) is 148 cm³/mol. The molecule has 0 spiro atoms. The average molecular weight is 502 g/mol. The van der Waals surface area contributed by atoms with Crippen LogP contribution in [0.5, 0.6) is 5.75 Å². The van der Waals surface area contributed by atoms with Crippen molar-refractivity contribution in [2.75, 3.05) is 20.2 Å². The molecule has 2 aromatic carbocycles. The number of nitrogens with zero attached hydrogens (tertiary/aromatic N) is 2. The molecule has 0 aliphatic rings.